The first-order chi connectivity index (χ1) is 15.9. The number of hydrazine groups is 1. The summed E-state index contributed by atoms with van der Waals surface area (Å²) < 4.78 is 25.8. The average Bonchev–Trinajstić information content (AvgIpc) is 3.18. The van der Waals surface area contributed by atoms with Crippen molar-refractivity contribution in [2.45, 2.75) is 37.1 Å². The standard InChI is InChI=1S/C24H25ClFN3O4/c1-32-17-7-6-11(10-18(17)33-2)12-8-15-20(16(30)9-12)21(19-13(25)4-3-5-14(19)26)22-23(27-15)28-29-24(22)31/h3-7,10,12,21-24,27-29,31H,8-9H2,1-2H3/t12-,21-,22?,23?,24?/m1/s1. The molecule has 33 heavy (non-hydrogen) atoms. The SMILES string of the molecule is COc1ccc([C@H]2CC(=O)C3=C(C2)NC2NNC(O)C2[C@@H]3c2c(F)cccc2Cl)cc1OC. The molecule has 7 nitrogen and oxygen atoms in total. The smallest absolute Gasteiger partial charge is 0.161 e. The van der Waals surface area contributed by atoms with Crippen molar-refractivity contribution in [2.75, 3.05) is 14.2 Å². The number of benzene rings is 2. The molecular formula is C24H25ClFN3O4. The highest BCUT2D eigenvalue weighted by molar-refractivity contribution is 6.31. The number of rotatable bonds is 4. The van der Waals surface area contributed by atoms with Crippen LogP contribution in [0.4, 0.5) is 4.39 Å². The molecule has 0 amide bonds. The molecule has 2 aromatic carbocycles. The molecule has 174 valence electrons. The van der Waals surface area contributed by atoms with Crippen molar-refractivity contribution in [3.05, 3.63) is 69.6 Å². The molecule has 0 radical (unpaired) electrons. The maximum atomic E-state index is 15.0. The lowest BCUT2D eigenvalue weighted by Gasteiger charge is -2.42. The molecule has 1 fully saturated rings. The lowest BCUT2D eigenvalue weighted by atomic mass is 9.68. The van der Waals surface area contributed by atoms with Crippen LogP contribution in [-0.4, -0.2) is 37.5 Å². The highest BCUT2D eigenvalue weighted by Crippen LogP contribution is 2.49. The molecule has 5 rings (SSSR count). The summed E-state index contributed by atoms with van der Waals surface area (Å²) in [6, 6.07) is 10.1. The van der Waals surface area contributed by atoms with Gasteiger partial charge in [0, 0.05) is 40.1 Å². The number of hydrogen-bond acceptors (Lipinski definition) is 7. The summed E-state index contributed by atoms with van der Waals surface area (Å²) in [6.45, 7) is 0. The van der Waals surface area contributed by atoms with E-state index in [1.54, 1.807) is 20.3 Å². The largest absolute Gasteiger partial charge is 0.493 e. The number of Topliss-reactive ketones (excluding diaryl/α,β-unsaturated/α-hetero) is 1. The maximum absolute atomic E-state index is 15.0. The Bertz CT molecular complexity index is 1120. The van der Waals surface area contributed by atoms with E-state index < -0.39 is 30.0 Å². The Kier molecular flexibility index (Phi) is 5.78. The van der Waals surface area contributed by atoms with Gasteiger partial charge >= 0.3 is 0 Å². The van der Waals surface area contributed by atoms with Crippen LogP contribution >= 0.6 is 11.6 Å². The number of nitrogens with one attached hydrogen (secondary N) is 3. The zero-order chi connectivity index (χ0) is 23.3. The van der Waals surface area contributed by atoms with Crippen LogP contribution < -0.4 is 25.6 Å². The van der Waals surface area contributed by atoms with Gasteiger partial charge in [0.2, 0.25) is 0 Å². The molecule has 3 unspecified atom stereocenters. The molecule has 0 spiro atoms. The van der Waals surface area contributed by atoms with Crippen LogP contribution in [0.15, 0.2) is 47.7 Å². The summed E-state index contributed by atoms with van der Waals surface area (Å²) in [6.07, 6.45) is -0.558. The summed E-state index contributed by atoms with van der Waals surface area (Å²) in [4.78, 5) is 13.5. The molecule has 2 aliphatic heterocycles. The van der Waals surface area contributed by atoms with E-state index in [0.717, 1.165) is 11.3 Å². The Labute approximate surface area is 195 Å². The average molecular weight is 474 g/mol. The Morgan fingerprint density at radius 1 is 1.09 bits per heavy atom. The Balaban J connectivity index is 1.58. The van der Waals surface area contributed by atoms with Gasteiger partial charge in [0.25, 0.3) is 0 Å². The lowest BCUT2D eigenvalue weighted by molar-refractivity contribution is -0.117. The van der Waals surface area contributed by atoms with E-state index in [9.17, 15) is 9.90 Å². The number of ketones is 1. The van der Waals surface area contributed by atoms with Crippen molar-refractivity contribution in [3.63, 3.8) is 0 Å². The van der Waals surface area contributed by atoms with Gasteiger partial charge < -0.3 is 19.9 Å². The number of carbonyl (C=O) groups excluding carboxylic acids is 1. The number of hydrogen-bond donors (Lipinski definition) is 4. The Morgan fingerprint density at radius 2 is 1.88 bits per heavy atom. The number of methoxy groups -OCH3 is 2. The van der Waals surface area contributed by atoms with Gasteiger partial charge in [0.15, 0.2) is 17.3 Å². The second-order valence-electron chi connectivity index (χ2n) is 8.58. The third-order valence-electron chi connectivity index (χ3n) is 6.86. The number of ether oxygens (including phenoxy) is 2. The van der Waals surface area contributed by atoms with Gasteiger partial charge in [0.1, 0.15) is 12.0 Å². The number of halogens is 2. The van der Waals surface area contributed by atoms with Gasteiger partial charge in [-0.15, -0.1) is 0 Å². The van der Waals surface area contributed by atoms with E-state index in [1.807, 2.05) is 18.2 Å². The van der Waals surface area contributed by atoms with E-state index in [4.69, 9.17) is 21.1 Å². The van der Waals surface area contributed by atoms with Crippen molar-refractivity contribution in [1.82, 2.24) is 16.2 Å². The van der Waals surface area contributed by atoms with Gasteiger partial charge in [0.05, 0.1) is 20.4 Å². The summed E-state index contributed by atoms with van der Waals surface area (Å²) in [5, 5.41) is 14.2. The number of aliphatic hydroxyl groups excluding tert-OH is 1. The van der Waals surface area contributed by atoms with Crippen molar-refractivity contribution in [1.29, 1.82) is 0 Å². The number of fused-ring (bicyclic) bond motifs is 1. The fourth-order valence-electron chi connectivity index (χ4n) is 5.35. The van der Waals surface area contributed by atoms with E-state index in [0.29, 0.717) is 23.5 Å². The fourth-order valence-corrected chi connectivity index (χ4v) is 5.63. The highest BCUT2D eigenvalue weighted by Gasteiger charge is 2.51. The van der Waals surface area contributed by atoms with Crippen molar-refractivity contribution in [2.24, 2.45) is 5.92 Å². The minimum atomic E-state index is -0.978. The minimum Gasteiger partial charge on any atom is -0.493 e. The van der Waals surface area contributed by atoms with E-state index in [-0.39, 0.29) is 28.7 Å². The summed E-state index contributed by atoms with van der Waals surface area (Å²) in [7, 11) is 3.15. The predicted octanol–water partition coefficient (Wildman–Crippen LogP) is 2.95. The molecule has 1 saturated heterocycles. The zero-order valence-electron chi connectivity index (χ0n) is 18.2. The third kappa shape index (κ3) is 3.67. The van der Waals surface area contributed by atoms with Gasteiger partial charge in [-0.2, -0.15) is 0 Å². The van der Waals surface area contributed by atoms with Crippen LogP contribution in [0.3, 0.4) is 0 Å². The van der Waals surface area contributed by atoms with Crippen LogP contribution in [0.2, 0.25) is 5.02 Å². The molecule has 5 atom stereocenters. The molecule has 2 aromatic rings. The molecule has 9 heteroatoms. The number of aliphatic hydroxyl groups is 1. The summed E-state index contributed by atoms with van der Waals surface area (Å²) in [5.74, 6) is -0.655. The molecule has 0 bridgehead atoms. The quantitative estimate of drug-likeness (QED) is 0.542. The van der Waals surface area contributed by atoms with Crippen LogP contribution in [0.5, 0.6) is 11.5 Å². The van der Waals surface area contributed by atoms with E-state index in [1.165, 1.54) is 12.1 Å². The number of carbonyl (C=O) groups is 1. The second-order valence-corrected chi connectivity index (χ2v) is 8.99. The van der Waals surface area contributed by atoms with Gasteiger partial charge in [-0.1, -0.05) is 23.7 Å². The molecule has 3 aliphatic rings. The zero-order valence-corrected chi connectivity index (χ0v) is 18.9. The molecular weight excluding hydrogens is 449 g/mol. The predicted molar refractivity (Wildman–Crippen MR) is 120 cm³/mol. The van der Waals surface area contributed by atoms with Gasteiger partial charge in [-0.3, -0.25) is 4.79 Å². The van der Waals surface area contributed by atoms with Crippen LogP contribution in [-0.2, 0) is 4.79 Å². The summed E-state index contributed by atoms with van der Waals surface area (Å²) >= 11 is 6.42. The van der Waals surface area contributed by atoms with Crippen LogP contribution in [0.1, 0.15) is 35.8 Å². The van der Waals surface area contributed by atoms with Crippen molar-refractivity contribution < 1.29 is 23.8 Å². The third-order valence-corrected chi connectivity index (χ3v) is 7.19. The van der Waals surface area contributed by atoms with E-state index in [2.05, 4.69) is 16.2 Å². The topological polar surface area (TPSA) is 91.9 Å². The van der Waals surface area contributed by atoms with Crippen molar-refractivity contribution >= 4 is 17.4 Å². The van der Waals surface area contributed by atoms with Crippen LogP contribution in [0.25, 0.3) is 0 Å². The van der Waals surface area contributed by atoms with Crippen LogP contribution in [0, 0.1) is 11.7 Å². The molecule has 0 aromatic heterocycles. The van der Waals surface area contributed by atoms with Gasteiger partial charge in [-0.25, -0.2) is 15.2 Å². The lowest BCUT2D eigenvalue weighted by Crippen LogP contribution is -2.51. The first-order valence-electron chi connectivity index (χ1n) is 10.8. The van der Waals surface area contributed by atoms with Crippen molar-refractivity contribution in [3.8, 4) is 11.5 Å². The maximum Gasteiger partial charge on any atom is 0.161 e. The minimum absolute atomic E-state index is 0.0869. The first kappa shape index (κ1) is 22.2. The Hall–Kier alpha value is -2.65. The molecule has 0 saturated carbocycles. The molecule has 2 heterocycles. The normalized spacial score (nSPS) is 28.8. The fraction of sp³-hybridized carbons (Fsp3) is 0.375. The van der Waals surface area contributed by atoms with E-state index >= 15 is 4.39 Å². The molecule has 1 aliphatic carbocycles. The number of allylic oxidation sites excluding steroid dienone is 2. The highest BCUT2D eigenvalue weighted by atomic mass is 35.5. The monoisotopic (exact) mass is 473 g/mol. The summed E-state index contributed by atoms with van der Waals surface area (Å²) in [5.41, 5.74) is 8.25. The molecule has 4 N–H and O–H groups in total. The van der Waals surface area contributed by atoms with Gasteiger partial charge in [-0.05, 0) is 42.2 Å². The first-order valence-corrected chi connectivity index (χ1v) is 11.2. The Morgan fingerprint density at radius 3 is 2.61 bits per heavy atom. The second kappa shape index (κ2) is 8.61.